The Morgan fingerprint density at radius 1 is 1.40 bits per heavy atom. The molecule has 1 unspecified atom stereocenters. The van der Waals surface area contributed by atoms with E-state index in [2.05, 4.69) is 5.32 Å². The Morgan fingerprint density at radius 2 is 2.05 bits per heavy atom. The number of nitro groups is 1. The first kappa shape index (κ1) is 16.4. The van der Waals surface area contributed by atoms with Crippen molar-refractivity contribution in [1.29, 1.82) is 0 Å². The number of rotatable bonds is 6. The van der Waals surface area contributed by atoms with E-state index in [1.807, 2.05) is 0 Å². The summed E-state index contributed by atoms with van der Waals surface area (Å²) >= 11 is 0. The minimum absolute atomic E-state index is 0.107. The number of anilines is 1. The molecule has 0 saturated heterocycles. The van der Waals surface area contributed by atoms with E-state index >= 15 is 0 Å². The molecule has 1 atom stereocenters. The topological polar surface area (TPSA) is 72.2 Å². The number of hydrogen-bond donors (Lipinski definition) is 1. The Morgan fingerprint density at radius 3 is 2.55 bits per heavy atom. The van der Waals surface area contributed by atoms with Crippen molar-refractivity contribution < 1.29 is 22.3 Å². The fraction of sp³-hybridized carbons (Fsp3) is 0.455. The number of hydrogen-bond acceptors (Lipinski definition) is 4. The number of halogens is 3. The molecule has 0 aromatic heterocycles. The molecule has 0 fully saturated rings. The summed E-state index contributed by atoms with van der Waals surface area (Å²) in [5, 5.41) is 13.2. The zero-order valence-electron chi connectivity index (χ0n) is 10.6. The lowest BCUT2D eigenvalue weighted by Gasteiger charge is -2.11. The average molecular weight is 310 g/mol. The maximum atomic E-state index is 12.7. The van der Waals surface area contributed by atoms with E-state index in [-0.39, 0.29) is 12.2 Å². The highest BCUT2D eigenvalue weighted by atomic mass is 32.2. The standard InChI is InChI=1S/C11H13F3N2O3S/c1-2-20(19)6-5-15-8-3-4-10(16(17)18)9(7-8)11(12,13)14/h3-4,7,15H,2,5-6H2,1H3. The second-order valence-corrected chi connectivity index (χ2v) is 5.71. The lowest BCUT2D eigenvalue weighted by Crippen LogP contribution is -2.14. The van der Waals surface area contributed by atoms with Crippen LogP contribution in [0.15, 0.2) is 18.2 Å². The average Bonchev–Trinajstić information content (AvgIpc) is 2.37. The molecule has 1 rings (SSSR count). The van der Waals surface area contributed by atoms with Gasteiger partial charge in [0.1, 0.15) is 5.56 Å². The molecule has 0 aliphatic carbocycles. The van der Waals surface area contributed by atoms with Crippen LogP contribution in [0, 0.1) is 10.1 Å². The molecule has 0 radical (unpaired) electrons. The molecule has 1 N–H and O–H groups in total. The highest BCUT2D eigenvalue weighted by molar-refractivity contribution is 7.84. The lowest BCUT2D eigenvalue weighted by molar-refractivity contribution is -0.388. The van der Waals surface area contributed by atoms with Crippen molar-refractivity contribution in [3.63, 3.8) is 0 Å². The van der Waals surface area contributed by atoms with E-state index in [9.17, 15) is 27.5 Å². The van der Waals surface area contributed by atoms with Gasteiger partial charge in [0.2, 0.25) is 0 Å². The Hall–Kier alpha value is -1.64. The van der Waals surface area contributed by atoms with Crippen LogP contribution in [-0.4, -0.2) is 27.2 Å². The minimum Gasteiger partial charge on any atom is -0.384 e. The van der Waals surface area contributed by atoms with Crippen LogP contribution >= 0.6 is 0 Å². The van der Waals surface area contributed by atoms with Crippen molar-refractivity contribution in [2.75, 3.05) is 23.4 Å². The van der Waals surface area contributed by atoms with Gasteiger partial charge in [-0.25, -0.2) is 0 Å². The van der Waals surface area contributed by atoms with Gasteiger partial charge in [-0.3, -0.25) is 14.3 Å². The zero-order valence-corrected chi connectivity index (χ0v) is 11.4. The van der Waals surface area contributed by atoms with Crippen LogP contribution in [0.4, 0.5) is 24.5 Å². The molecule has 1 aromatic carbocycles. The molecular weight excluding hydrogens is 297 g/mol. The van der Waals surface area contributed by atoms with E-state index < -0.39 is 33.2 Å². The molecular formula is C11H13F3N2O3S. The number of nitro benzene ring substituents is 1. The van der Waals surface area contributed by atoms with Gasteiger partial charge in [-0.1, -0.05) is 6.92 Å². The second-order valence-electron chi connectivity index (χ2n) is 3.85. The van der Waals surface area contributed by atoms with Crippen LogP contribution in [0.5, 0.6) is 0 Å². The highest BCUT2D eigenvalue weighted by Gasteiger charge is 2.38. The molecule has 9 heteroatoms. The molecule has 0 aliphatic heterocycles. The lowest BCUT2D eigenvalue weighted by atomic mass is 10.1. The summed E-state index contributed by atoms with van der Waals surface area (Å²) in [6.07, 6.45) is -4.80. The monoisotopic (exact) mass is 310 g/mol. The van der Waals surface area contributed by atoms with Crippen LogP contribution in [0.2, 0.25) is 0 Å². The largest absolute Gasteiger partial charge is 0.423 e. The Bertz CT molecular complexity index is 520. The SMILES string of the molecule is CCS(=O)CCNc1ccc([N+](=O)[O-])c(C(F)(F)F)c1. The molecule has 112 valence electrons. The quantitative estimate of drug-likeness (QED) is 0.648. The molecule has 0 spiro atoms. The van der Waals surface area contributed by atoms with Crippen molar-refractivity contribution >= 4 is 22.2 Å². The first-order valence-corrected chi connectivity index (χ1v) is 7.19. The molecule has 0 heterocycles. The van der Waals surface area contributed by atoms with Gasteiger partial charge in [0.05, 0.1) is 4.92 Å². The minimum atomic E-state index is -4.80. The van der Waals surface area contributed by atoms with Crippen LogP contribution < -0.4 is 5.32 Å². The Labute approximate surface area is 115 Å². The van der Waals surface area contributed by atoms with Crippen LogP contribution in [0.3, 0.4) is 0 Å². The predicted octanol–water partition coefficient (Wildman–Crippen LogP) is 2.79. The van der Waals surface area contributed by atoms with Crippen LogP contribution in [-0.2, 0) is 17.0 Å². The van der Waals surface area contributed by atoms with Crippen LogP contribution in [0.25, 0.3) is 0 Å². The fourth-order valence-electron chi connectivity index (χ4n) is 1.49. The summed E-state index contributed by atoms with van der Waals surface area (Å²) in [4.78, 5) is 9.50. The van der Waals surface area contributed by atoms with Crippen molar-refractivity contribution in [2.24, 2.45) is 0 Å². The van der Waals surface area contributed by atoms with Crippen molar-refractivity contribution in [3.8, 4) is 0 Å². The van der Waals surface area contributed by atoms with Gasteiger partial charge in [-0.2, -0.15) is 13.2 Å². The van der Waals surface area contributed by atoms with Crippen LogP contribution in [0.1, 0.15) is 12.5 Å². The Balaban J connectivity index is 2.90. The summed E-state index contributed by atoms with van der Waals surface area (Å²) < 4.78 is 49.3. The summed E-state index contributed by atoms with van der Waals surface area (Å²) in [5.41, 5.74) is -2.18. The van der Waals surface area contributed by atoms with E-state index in [1.54, 1.807) is 6.92 Å². The summed E-state index contributed by atoms with van der Waals surface area (Å²) in [6.45, 7) is 1.97. The van der Waals surface area contributed by atoms with Gasteiger partial charge in [-0.05, 0) is 12.1 Å². The first-order valence-electron chi connectivity index (χ1n) is 5.70. The molecule has 0 saturated carbocycles. The Kier molecular flexibility index (Phi) is 5.49. The molecule has 1 aromatic rings. The van der Waals surface area contributed by atoms with Gasteiger partial charge in [0.25, 0.3) is 5.69 Å². The molecule has 0 amide bonds. The summed E-state index contributed by atoms with van der Waals surface area (Å²) in [7, 11) is -1.03. The van der Waals surface area contributed by atoms with E-state index in [4.69, 9.17) is 0 Å². The third-order valence-corrected chi connectivity index (χ3v) is 3.78. The van der Waals surface area contributed by atoms with Gasteiger partial charge in [-0.15, -0.1) is 0 Å². The van der Waals surface area contributed by atoms with Gasteiger partial charge in [0, 0.05) is 40.6 Å². The number of benzene rings is 1. The summed E-state index contributed by atoms with van der Waals surface area (Å²) in [5.74, 6) is 0.768. The second kappa shape index (κ2) is 6.69. The molecule has 20 heavy (non-hydrogen) atoms. The zero-order chi connectivity index (χ0) is 15.3. The number of nitrogens with zero attached hydrogens (tertiary/aromatic N) is 1. The number of nitrogens with one attached hydrogen (secondary N) is 1. The van der Waals surface area contributed by atoms with E-state index in [0.29, 0.717) is 17.6 Å². The third-order valence-electron chi connectivity index (χ3n) is 2.48. The highest BCUT2D eigenvalue weighted by Crippen LogP contribution is 2.37. The van der Waals surface area contributed by atoms with Crippen molar-refractivity contribution in [3.05, 3.63) is 33.9 Å². The maximum Gasteiger partial charge on any atom is 0.423 e. The van der Waals surface area contributed by atoms with Gasteiger partial charge in [0.15, 0.2) is 0 Å². The van der Waals surface area contributed by atoms with E-state index in [0.717, 1.165) is 6.07 Å². The normalized spacial score (nSPS) is 13.0. The summed E-state index contributed by atoms with van der Waals surface area (Å²) in [6, 6.07) is 2.69. The smallest absolute Gasteiger partial charge is 0.384 e. The van der Waals surface area contributed by atoms with Crippen molar-refractivity contribution in [1.82, 2.24) is 0 Å². The molecule has 0 bridgehead atoms. The number of alkyl halides is 3. The molecule has 5 nitrogen and oxygen atoms in total. The predicted molar refractivity (Wildman–Crippen MR) is 70.1 cm³/mol. The van der Waals surface area contributed by atoms with Gasteiger partial charge >= 0.3 is 6.18 Å². The van der Waals surface area contributed by atoms with E-state index in [1.165, 1.54) is 6.07 Å². The first-order chi connectivity index (χ1) is 9.25. The van der Waals surface area contributed by atoms with Crippen molar-refractivity contribution in [2.45, 2.75) is 13.1 Å². The van der Waals surface area contributed by atoms with Gasteiger partial charge < -0.3 is 5.32 Å². The fourth-order valence-corrected chi connectivity index (χ4v) is 2.10. The maximum absolute atomic E-state index is 12.7. The third kappa shape index (κ3) is 4.48. The molecule has 0 aliphatic rings.